The van der Waals surface area contributed by atoms with Crippen molar-refractivity contribution in [3.05, 3.63) is 0 Å². The molecule has 0 aliphatic carbocycles. The van der Waals surface area contributed by atoms with E-state index in [1.165, 1.54) is 17.7 Å². The Hall–Kier alpha value is -0.940. The van der Waals surface area contributed by atoms with Crippen LogP contribution in [0.3, 0.4) is 0 Å². The Kier molecular flexibility index (Phi) is 3.11. The van der Waals surface area contributed by atoms with E-state index >= 15 is 0 Å². The summed E-state index contributed by atoms with van der Waals surface area (Å²) in [6.07, 6.45) is 4.01. The van der Waals surface area contributed by atoms with Crippen molar-refractivity contribution in [3.8, 4) is 0 Å². The number of imide groups is 1. The number of fused-ring (bicyclic) bond motifs is 2. The van der Waals surface area contributed by atoms with Crippen LogP contribution in [0.4, 0.5) is 0 Å². The van der Waals surface area contributed by atoms with Crippen LogP contribution in [0.2, 0.25) is 0 Å². The zero-order valence-corrected chi connectivity index (χ0v) is 10.7. The van der Waals surface area contributed by atoms with Gasteiger partial charge in [-0.25, -0.2) is 0 Å². The molecule has 0 saturated carbocycles. The molecule has 0 aromatic carbocycles. The molecular weight excluding hydrogens is 232 g/mol. The first-order chi connectivity index (χ1) is 8.68. The minimum absolute atomic E-state index is 0.0581. The molecule has 0 aromatic heterocycles. The maximum Gasteiger partial charge on any atom is 0.258 e. The predicted molar refractivity (Wildman–Crippen MR) is 64.9 cm³/mol. The summed E-state index contributed by atoms with van der Waals surface area (Å²) in [6.45, 7) is 2.96. The Morgan fingerprint density at radius 2 is 1.83 bits per heavy atom. The number of nitrogens with one attached hydrogen (secondary N) is 1. The van der Waals surface area contributed by atoms with Gasteiger partial charge in [0.25, 0.3) is 11.8 Å². The molecule has 3 rings (SSSR count). The molecule has 3 heterocycles. The Morgan fingerprint density at radius 1 is 1.17 bits per heavy atom. The van der Waals surface area contributed by atoms with E-state index in [9.17, 15) is 9.59 Å². The number of hydrogen-bond donors (Lipinski definition) is 1. The van der Waals surface area contributed by atoms with Gasteiger partial charge in [0.15, 0.2) is 0 Å². The molecule has 100 valence electrons. The average Bonchev–Trinajstić information content (AvgIpc) is 2.85. The molecule has 4 unspecified atom stereocenters. The smallest absolute Gasteiger partial charge is 0.258 e. The maximum atomic E-state index is 12.2. The average molecular weight is 252 g/mol. The minimum atomic E-state index is -0.376. The van der Waals surface area contributed by atoms with Gasteiger partial charge in [-0.2, -0.15) is 0 Å². The van der Waals surface area contributed by atoms with Crippen LogP contribution in [0.15, 0.2) is 0 Å². The monoisotopic (exact) mass is 252 g/mol. The fraction of sp³-hybridized carbons (Fsp3) is 0.846. The topological polar surface area (TPSA) is 58.6 Å². The lowest BCUT2D eigenvalue weighted by molar-refractivity contribution is -0.172. The van der Waals surface area contributed by atoms with Gasteiger partial charge >= 0.3 is 0 Å². The lowest BCUT2D eigenvalue weighted by atomic mass is 9.97. The number of morpholine rings is 1. The lowest BCUT2D eigenvalue weighted by Crippen LogP contribution is -2.60. The number of likely N-dealkylation sites (tertiary alicyclic amines) is 1. The van der Waals surface area contributed by atoms with Crippen LogP contribution < -0.4 is 5.32 Å². The first-order valence-electron chi connectivity index (χ1n) is 6.94. The van der Waals surface area contributed by atoms with Crippen molar-refractivity contribution >= 4 is 11.8 Å². The number of amides is 2. The van der Waals surface area contributed by atoms with Crippen molar-refractivity contribution in [2.75, 3.05) is 6.54 Å². The van der Waals surface area contributed by atoms with Crippen molar-refractivity contribution in [1.29, 1.82) is 0 Å². The van der Waals surface area contributed by atoms with Crippen molar-refractivity contribution < 1.29 is 14.3 Å². The maximum absolute atomic E-state index is 12.2. The minimum Gasteiger partial charge on any atom is -0.355 e. The van der Waals surface area contributed by atoms with E-state index in [0.29, 0.717) is 12.8 Å². The quantitative estimate of drug-likeness (QED) is 0.724. The summed E-state index contributed by atoms with van der Waals surface area (Å²) in [5.74, 6) is -0.262. The molecule has 5 nitrogen and oxygen atoms in total. The van der Waals surface area contributed by atoms with Gasteiger partial charge in [-0.1, -0.05) is 6.42 Å². The highest BCUT2D eigenvalue weighted by atomic mass is 16.5. The zero-order chi connectivity index (χ0) is 12.7. The number of rotatable bonds is 2. The summed E-state index contributed by atoms with van der Waals surface area (Å²) < 4.78 is 5.43. The second-order valence-electron chi connectivity index (χ2n) is 5.53. The zero-order valence-electron chi connectivity index (χ0n) is 10.7. The van der Waals surface area contributed by atoms with E-state index in [2.05, 4.69) is 5.32 Å². The molecule has 2 amide bonds. The summed E-state index contributed by atoms with van der Waals surface area (Å²) >= 11 is 0. The molecular formula is C13H20N2O3. The molecule has 1 N–H and O–H groups in total. The van der Waals surface area contributed by atoms with E-state index in [0.717, 1.165) is 13.0 Å². The Balaban J connectivity index is 1.77. The van der Waals surface area contributed by atoms with E-state index in [4.69, 9.17) is 4.74 Å². The number of carbonyl (C=O) groups is 2. The second-order valence-corrected chi connectivity index (χ2v) is 5.53. The lowest BCUT2D eigenvalue weighted by Gasteiger charge is -2.39. The molecule has 3 saturated heterocycles. The number of piperidine rings is 1. The van der Waals surface area contributed by atoms with Gasteiger partial charge in [0.1, 0.15) is 12.2 Å². The van der Waals surface area contributed by atoms with Gasteiger partial charge in [-0.05, 0) is 39.2 Å². The first-order valence-corrected chi connectivity index (χ1v) is 6.94. The first kappa shape index (κ1) is 12.1. The van der Waals surface area contributed by atoms with Crippen LogP contribution in [0, 0.1) is 0 Å². The number of nitrogens with zero attached hydrogens (tertiary/aromatic N) is 1. The van der Waals surface area contributed by atoms with Crippen molar-refractivity contribution in [1.82, 2.24) is 10.2 Å². The normalized spacial score (nSPS) is 38.1. The summed E-state index contributed by atoms with van der Waals surface area (Å²) in [7, 11) is 0. The van der Waals surface area contributed by atoms with Crippen LogP contribution >= 0.6 is 0 Å². The SMILES string of the molecule is CC(C1CCCCN1)N1C(=O)C2CCC(O2)C1=O. The highest BCUT2D eigenvalue weighted by Gasteiger charge is 2.49. The molecule has 0 spiro atoms. The molecule has 4 atom stereocenters. The Labute approximate surface area is 107 Å². The van der Waals surface area contributed by atoms with Crippen LogP contribution in [0.25, 0.3) is 0 Å². The van der Waals surface area contributed by atoms with Crippen LogP contribution in [-0.2, 0) is 14.3 Å². The third-order valence-corrected chi connectivity index (χ3v) is 4.38. The number of hydrogen-bond acceptors (Lipinski definition) is 4. The fourth-order valence-electron chi connectivity index (χ4n) is 3.29. The van der Waals surface area contributed by atoms with Crippen molar-refractivity contribution in [3.63, 3.8) is 0 Å². The predicted octanol–water partition coefficient (Wildman–Crippen LogP) is 0.433. The molecule has 18 heavy (non-hydrogen) atoms. The van der Waals surface area contributed by atoms with Gasteiger partial charge in [0.2, 0.25) is 0 Å². The largest absolute Gasteiger partial charge is 0.355 e. The summed E-state index contributed by atoms with van der Waals surface area (Å²) in [6, 6.07) is 0.182. The standard InChI is InChI=1S/C13H20N2O3/c1-8(9-4-2-3-7-14-9)15-12(16)10-5-6-11(18-10)13(15)17/h8-11,14H,2-7H2,1H3. The summed E-state index contributed by atoms with van der Waals surface area (Å²) in [5.41, 5.74) is 0. The highest BCUT2D eigenvalue weighted by molar-refractivity contribution is 6.02. The molecule has 0 radical (unpaired) electrons. The highest BCUT2D eigenvalue weighted by Crippen LogP contribution is 2.30. The van der Waals surface area contributed by atoms with E-state index in [1.54, 1.807) is 0 Å². The molecule has 2 bridgehead atoms. The molecule has 0 aromatic rings. The van der Waals surface area contributed by atoms with Crippen LogP contribution in [-0.4, -0.2) is 47.6 Å². The van der Waals surface area contributed by atoms with Gasteiger partial charge < -0.3 is 10.1 Å². The molecule has 3 aliphatic rings. The number of carbonyl (C=O) groups excluding carboxylic acids is 2. The molecule has 3 aliphatic heterocycles. The van der Waals surface area contributed by atoms with E-state index in [1.807, 2.05) is 6.92 Å². The Bertz CT molecular complexity index is 343. The summed E-state index contributed by atoms with van der Waals surface area (Å²) in [4.78, 5) is 25.9. The van der Waals surface area contributed by atoms with E-state index < -0.39 is 0 Å². The van der Waals surface area contributed by atoms with Crippen LogP contribution in [0.1, 0.15) is 39.0 Å². The molecule has 5 heteroatoms. The van der Waals surface area contributed by atoms with Gasteiger partial charge in [-0.3, -0.25) is 14.5 Å². The van der Waals surface area contributed by atoms with Gasteiger partial charge in [-0.15, -0.1) is 0 Å². The molecule has 3 fully saturated rings. The second kappa shape index (κ2) is 4.63. The number of ether oxygens (including phenoxy) is 1. The summed E-state index contributed by atoms with van der Waals surface area (Å²) in [5, 5.41) is 3.42. The van der Waals surface area contributed by atoms with Gasteiger partial charge in [0, 0.05) is 6.04 Å². The van der Waals surface area contributed by atoms with E-state index in [-0.39, 0.29) is 36.1 Å². The Morgan fingerprint density at radius 3 is 2.39 bits per heavy atom. The van der Waals surface area contributed by atoms with Crippen molar-refractivity contribution in [2.24, 2.45) is 0 Å². The van der Waals surface area contributed by atoms with Crippen molar-refractivity contribution in [2.45, 2.75) is 63.3 Å². The third-order valence-electron chi connectivity index (χ3n) is 4.38. The fourth-order valence-corrected chi connectivity index (χ4v) is 3.29. The van der Waals surface area contributed by atoms with Crippen LogP contribution in [0.5, 0.6) is 0 Å². The third kappa shape index (κ3) is 1.86. The van der Waals surface area contributed by atoms with Gasteiger partial charge in [0.05, 0.1) is 6.04 Å².